The van der Waals surface area contributed by atoms with Crippen LogP contribution in [0.4, 0.5) is 32.0 Å². The molecule has 0 heterocycles. The maximum Gasteiger partial charge on any atom is 0.416 e. The van der Waals surface area contributed by atoms with Crippen LogP contribution in [0, 0.1) is 0 Å². The summed E-state index contributed by atoms with van der Waals surface area (Å²) < 4.78 is 82.5. The van der Waals surface area contributed by atoms with E-state index < -0.39 is 35.1 Å². The first-order chi connectivity index (χ1) is 13.5. The third-order valence-corrected chi connectivity index (χ3v) is 3.64. The zero-order chi connectivity index (χ0) is 21.7. The lowest BCUT2D eigenvalue weighted by Gasteiger charge is -2.14. The Balaban J connectivity index is 2.14. The SMILES string of the molecule is CCCOc1ccc(/C=C/C(=O)Nc2cc(C(F)(F)F)cc(C(F)(F)F)c2)cc1. The second kappa shape index (κ2) is 9.02. The third-order valence-electron chi connectivity index (χ3n) is 3.64. The number of hydrogen-bond donors (Lipinski definition) is 1. The molecule has 0 fully saturated rings. The molecule has 0 aliphatic heterocycles. The number of ether oxygens (including phenoxy) is 1. The second-order valence-electron chi connectivity index (χ2n) is 6.03. The van der Waals surface area contributed by atoms with E-state index >= 15 is 0 Å². The molecule has 0 atom stereocenters. The van der Waals surface area contributed by atoms with E-state index in [-0.39, 0.29) is 6.07 Å². The number of rotatable bonds is 6. The van der Waals surface area contributed by atoms with E-state index in [0.29, 0.717) is 30.1 Å². The highest BCUT2D eigenvalue weighted by atomic mass is 19.4. The summed E-state index contributed by atoms with van der Waals surface area (Å²) in [7, 11) is 0. The van der Waals surface area contributed by atoms with Crippen LogP contribution in [0.15, 0.2) is 48.5 Å². The number of carbonyl (C=O) groups is 1. The third kappa shape index (κ3) is 6.85. The van der Waals surface area contributed by atoms with Gasteiger partial charge in [0.25, 0.3) is 0 Å². The van der Waals surface area contributed by atoms with Crippen LogP contribution in [0.1, 0.15) is 30.0 Å². The predicted molar refractivity (Wildman–Crippen MR) is 96.3 cm³/mol. The Hall–Kier alpha value is -2.97. The number of hydrogen-bond acceptors (Lipinski definition) is 2. The van der Waals surface area contributed by atoms with Crippen LogP contribution in [0.3, 0.4) is 0 Å². The maximum absolute atomic E-state index is 12.8. The Kier molecular flexibility index (Phi) is 6.94. The van der Waals surface area contributed by atoms with Gasteiger partial charge < -0.3 is 10.1 Å². The lowest BCUT2D eigenvalue weighted by molar-refractivity contribution is -0.143. The second-order valence-corrected chi connectivity index (χ2v) is 6.03. The van der Waals surface area contributed by atoms with Crippen molar-refractivity contribution in [2.75, 3.05) is 11.9 Å². The van der Waals surface area contributed by atoms with Crippen LogP contribution in [-0.2, 0) is 17.1 Å². The Morgan fingerprint density at radius 2 is 1.52 bits per heavy atom. The van der Waals surface area contributed by atoms with Crippen LogP contribution in [0.25, 0.3) is 6.08 Å². The number of nitrogens with one attached hydrogen (secondary N) is 1. The fourth-order valence-electron chi connectivity index (χ4n) is 2.28. The van der Waals surface area contributed by atoms with Crippen molar-refractivity contribution in [3.05, 3.63) is 65.2 Å². The van der Waals surface area contributed by atoms with E-state index in [1.807, 2.05) is 12.2 Å². The Morgan fingerprint density at radius 3 is 2.00 bits per heavy atom. The molecule has 0 aliphatic rings. The molecular formula is C20H17F6NO2. The Labute approximate surface area is 163 Å². The zero-order valence-corrected chi connectivity index (χ0v) is 15.2. The minimum Gasteiger partial charge on any atom is -0.494 e. The first kappa shape index (κ1) is 22.3. The smallest absolute Gasteiger partial charge is 0.416 e. The number of alkyl halides is 6. The number of anilines is 1. The lowest BCUT2D eigenvalue weighted by Crippen LogP contribution is -2.14. The average molecular weight is 417 g/mol. The zero-order valence-electron chi connectivity index (χ0n) is 15.2. The fourth-order valence-corrected chi connectivity index (χ4v) is 2.28. The molecule has 2 rings (SSSR count). The first-order valence-electron chi connectivity index (χ1n) is 8.50. The topological polar surface area (TPSA) is 38.3 Å². The monoisotopic (exact) mass is 417 g/mol. The predicted octanol–water partition coefficient (Wildman–Crippen LogP) is 6.16. The van der Waals surface area contributed by atoms with Gasteiger partial charge in [0.1, 0.15) is 5.75 Å². The van der Waals surface area contributed by atoms with Gasteiger partial charge in [-0.05, 0) is 48.4 Å². The largest absolute Gasteiger partial charge is 0.494 e. The molecule has 9 heteroatoms. The van der Waals surface area contributed by atoms with Gasteiger partial charge in [-0.3, -0.25) is 4.79 Å². The van der Waals surface area contributed by atoms with Crippen LogP contribution >= 0.6 is 0 Å². The minimum absolute atomic E-state index is 0.00629. The first-order valence-corrected chi connectivity index (χ1v) is 8.50. The van der Waals surface area contributed by atoms with E-state index in [4.69, 9.17) is 4.74 Å². The normalized spacial score (nSPS) is 12.2. The van der Waals surface area contributed by atoms with Gasteiger partial charge in [-0.1, -0.05) is 19.1 Å². The van der Waals surface area contributed by atoms with Crippen molar-refractivity contribution >= 4 is 17.7 Å². The van der Waals surface area contributed by atoms with Gasteiger partial charge in [-0.2, -0.15) is 26.3 Å². The standard InChI is InChI=1S/C20H17F6NO2/c1-2-9-29-17-6-3-13(4-7-17)5-8-18(28)27-16-11-14(19(21,22)23)10-15(12-16)20(24,25)26/h3-8,10-12H,2,9H2,1H3,(H,27,28)/b8-5+. The van der Waals surface area contributed by atoms with Crippen LogP contribution in [-0.4, -0.2) is 12.5 Å². The molecular weight excluding hydrogens is 400 g/mol. The molecule has 156 valence electrons. The molecule has 0 aliphatic carbocycles. The van der Waals surface area contributed by atoms with Gasteiger partial charge in [0, 0.05) is 11.8 Å². The fraction of sp³-hybridized carbons (Fsp3) is 0.250. The summed E-state index contributed by atoms with van der Waals surface area (Å²) in [6.45, 7) is 2.51. The number of carbonyl (C=O) groups excluding carboxylic acids is 1. The molecule has 0 unspecified atom stereocenters. The summed E-state index contributed by atoms with van der Waals surface area (Å²) in [4.78, 5) is 11.9. The highest BCUT2D eigenvalue weighted by molar-refractivity contribution is 6.02. The van der Waals surface area contributed by atoms with Gasteiger partial charge in [0.05, 0.1) is 17.7 Å². The summed E-state index contributed by atoms with van der Waals surface area (Å²) in [5.41, 5.74) is -3.02. The minimum atomic E-state index is -4.99. The van der Waals surface area contributed by atoms with Crippen molar-refractivity contribution in [3.8, 4) is 5.75 Å². The molecule has 1 amide bonds. The summed E-state index contributed by atoms with van der Waals surface area (Å²) >= 11 is 0. The van der Waals surface area contributed by atoms with Crippen molar-refractivity contribution in [2.24, 2.45) is 0 Å². The van der Waals surface area contributed by atoms with Gasteiger partial charge >= 0.3 is 12.4 Å². The molecule has 0 bridgehead atoms. The van der Waals surface area contributed by atoms with E-state index in [0.717, 1.165) is 12.5 Å². The quantitative estimate of drug-likeness (QED) is 0.451. The summed E-state index contributed by atoms with van der Waals surface area (Å²) in [5.74, 6) is -0.235. The van der Waals surface area contributed by atoms with Crippen LogP contribution < -0.4 is 10.1 Å². The molecule has 2 aromatic rings. The molecule has 0 radical (unpaired) electrons. The van der Waals surface area contributed by atoms with Crippen molar-refractivity contribution in [1.82, 2.24) is 0 Å². The van der Waals surface area contributed by atoms with Crippen molar-refractivity contribution < 1.29 is 35.9 Å². The Morgan fingerprint density at radius 1 is 0.966 bits per heavy atom. The lowest BCUT2D eigenvalue weighted by atomic mass is 10.1. The van der Waals surface area contributed by atoms with Crippen molar-refractivity contribution in [3.63, 3.8) is 0 Å². The van der Waals surface area contributed by atoms with Gasteiger partial charge in [0.15, 0.2) is 0 Å². The molecule has 0 spiro atoms. The van der Waals surface area contributed by atoms with Crippen molar-refractivity contribution in [1.29, 1.82) is 0 Å². The molecule has 1 N–H and O–H groups in total. The summed E-state index contributed by atoms with van der Waals surface area (Å²) in [6, 6.07) is 7.54. The van der Waals surface area contributed by atoms with Crippen molar-refractivity contribution in [2.45, 2.75) is 25.7 Å². The molecule has 0 aromatic heterocycles. The molecule has 0 saturated carbocycles. The van der Waals surface area contributed by atoms with E-state index in [9.17, 15) is 31.1 Å². The molecule has 29 heavy (non-hydrogen) atoms. The Bertz CT molecular complexity index is 838. The van der Waals surface area contributed by atoms with Gasteiger partial charge in [-0.25, -0.2) is 0 Å². The number of amides is 1. The number of halogens is 6. The van der Waals surface area contributed by atoms with Crippen LogP contribution in [0.2, 0.25) is 0 Å². The maximum atomic E-state index is 12.8. The van der Waals surface area contributed by atoms with E-state index in [1.54, 1.807) is 24.3 Å². The number of benzene rings is 2. The van der Waals surface area contributed by atoms with Gasteiger partial charge in [0.2, 0.25) is 5.91 Å². The highest BCUT2D eigenvalue weighted by Gasteiger charge is 2.37. The summed E-state index contributed by atoms with van der Waals surface area (Å²) in [5, 5.41) is 2.03. The molecule has 2 aromatic carbocycles. The average Bonchev–Trinajstić information content (AvgIpc) is 2.64. The van der Waals surface area contributed by atoms with E-state index in [1.165, 1.54) is 6.08 Å². The van der Waals surface area contributed by atoms with E-state index in [2.05, 4.69) is 0 Å². The summed E-state index contributed by atoms with van der Waals surface area (Å²) in [6.07, 6.45) is -6.75. The van der Waals surface area contributed by atoms with Crippen LogP contribution in [0.5, 0.6) is 5.75 Å². The van der Waals surface area contributed by atoms with Gasteiger partial charge in [-0.15, -0.1) is 0 Å². The molecule has 3 nitrogen and oxygen atoms in total. The highest BCUT2D eigenvalue weighted by Crippen LogP contribution is 2.37. The molecule has 0 saturated heterocycles.